The number of nitrogens with zero attached hydrogens (tertiary/aromatic N) is 2. The van der Waals surface area contributed by atoms with Gasteiger partial charge >= 0.3 is 0 Å². The van der Waals surface area contributed by atoms with Crippen molar-refractivity contribution in [2.45, 2.75) is 63.2 Å². The van der Waals surface area contributed by atoms with Gasteiger partial charge in [0.2, 0.25) is 0 Å². The summed E-state index contributed by atoms with van der Waals surface area (Å²) in [5, 5.41) is 12.4. The van der Waals surface area contributed by atoms with Crippen molar-refractivity contribution in [3.8, 4) is 5.75 Å². The molecule has 2 aromatic rings. The van der Waals surface area contributed by atoms with Gasteiger partial charge in [-0.15, -0.1) is 0 Å². The Bertz CT molecular complexity index is 883. The van der Waals surface area contributed by atoms with E-state index in [9.17, 15) is 5.11 Å². The predicted octanol–water partition coefficient (Wildman–Crippen LogP) is 5.71. The summed E-state index contributed by atoms with van der Waals surface area (Å²) in [5.41, 5.74) is 1.25. The van der Waals surface area contributed by atoms with Crippen LogP contribution in [-0.4, -0.2) is 54.7 Å². The van der Waals surface area contributed by atoms with Crippen LogP contribution in [0.4, 0.5) is 0 Å². The zero-order valence-electron chi connectivity index (χ0n) is 20.2. The molecule has 4 rings (SSSR count). The molecule has 1 N–H and O–H groups in total. The Hall–Kier alpha value is -1.59. The molecule has 0 amide bonds. The predicted molar refractivity (Wildman–Crippen MR) is 136 cm³/mol. The maximum atomic E-state index is 11.8. The van der Waals surface area contributed by atoms with Crippen LogP contribution in [-0.2, 0) is 12.2 Å². The number of piperidine rings is 1. The van der Waals surface area contributed by atoms with Gasteiger partial charge in [-0.25, -0.2) is 0 Å². The number of rotatable bonds is 8. The highest BCUT2D eigenvalue weighted by molar-refractivity contribution is 6.32. The molecule has 0 spiro atoms. The van der Waals surface area contributed by atoms with E-state index in [2.05, 4.69) is 23.9 Å². The van der Waals surface area contributed by atoms with E-state index in [4.69, 9.17) is 16.3 Å². The van der Waals surface area contributed by atoms with E-state index >= 15 is 0 Å². The van der Waals surface area contributed by atoms with Crippen LogP contribution in [0, 0.1) is 5.92 Å². The lowest BCUT2D eigenvalue weighted by atomic mass is 9.70. The normalized spacial score (nSPS) is 24.8. The Kier molecular flexibility index (Phi) is 8.34. The molecule has 2 fully saturated rings. The molecule has 180 valence electrons. The first-order valence-electron chi connectivity index (χ1n) is 12.5. The van der Waals surface area contributed by atoms with Gasteiger partial charge in [-0.1, -0.05) is 60.8 Å². The second-order valence-electron chi connectivity index (χ2n) is 10.1. The largest absolute Gasteiger partial charge is 0.487 e. The highest BCUT2D eigenvalue weighted by Gasteiger charge is 2.40. The second-order valence-corrected chi connectivity index (χ2v) is 10.5. The van der Waals surface area contributed by atoms with Gasteiger partial charge in [0.25, 0.3) is 0 Å². The number of aliphatic hydroxyl groups is 1. The monoisotopic (exact) mass is 470 g/mol. The highest BCUT2D eigenvalue weighted by Crippen LogP contribution is 2.45. The second kappa shape index (κ2) is 11.2. The summed E-state index contributed by atoms with van der Waals surface area (Å²) >= 11 is 6.61. The molecule has 4 nitrogen and oxygen atoms in total. The van der Waals surface area contributed by atoms with E-state index in [1.54, 1.807) is 0 Å². The van der Waals surface area contributed by atoms with Gasteiger partial charge in [-0.3, -0.25) is 0 Å². The first kappa shape index (κ1) is 24.5. The molecule has 2 aromatic carbocycles. The van der Waals surface area contributed by atoms with Crippen molar-refractivity contribution >= 4 is 11.6 Å². The fraction of sp³-hybridized carbons (Fsp3) is 0.571. The van der Waals surface area contributed by atoms with Crippen molar-refractivity contribution in [3.05, 3.63) is 64.7 Å². The minimum atomic E-state index is -0.804. The lowest BCUT2D eigenvalue weighted by molar-refractivity contribution is -0.0608. The first-order chi connectivity index (χ1) is 16.0. The summed E-state index contributed by atoms with van der Waals surface area (Å²) in [5.74, 6) is 0.939. The zero-order valence-corrected chi connectivity index (χ0v) is 20.9. The Labute approximate surface area is 204 Å². The summed E-state index contributed by atoms with van der Waals surface area (Å²) in [6, 6.07) is 16.7. The molecule has 0 aromatic heterocycles. The number of ether oxygens (including phenoxy) is 1. The third-order valence-corrected chi connectivity index (χ3v) is 8.08. The summed E-state index contributed by atoms with van der Waals surface area (Å²) in [7, 11) is 4.37. The van der Waals surface area contributed by atoms with E-state index in [1.807, 2.05) is 48.5 Å². The lowest BCUT2D eigenvalue weighted by Crippen LogP contribution is -2.44. The Morgan fingerprint density at radius 3 is 2.52 bits per heavy atom. The molecule has 0 bridgehead atoms. The molecular weight excluding hydrogens is 432 g/mol. The Morgan fingerprint density at radius 2 is 1.82 bits per heavy atom. The summed E-state index contributed by atoms with van der Waals surface area (Å²) in [4.78, 5) is 4.94. The maximum Gasteiger partial charge on any atom is 0.138 e. The van der Waals surface area contributed by atoms with Crippen molar-refractivity contribution in [3.63, 3.8) is 0 Å². The van der Waals surface area contributed by atoms with E-state index in [1.165, 1.54) is 19.3 Å². The fourth-order valence-electron chi connectivity index (χ4n) is 5.61. The summed E-state index contributed by atoms with van der Waals surface area (Å²) in [6.07, 6.45) is 7.65. The van der Waals surface area contributed by atoms with Gasteiger partial charge in [-0.2, -0.15) is 0 Å². The lowest BCUT2D eigenvalue weighted by Gasteiger charge is -2.42. The zero-order chi connectivity index (χ0) is 23.3. The molecule has 2 aliphatic rings. The Balaban J connectivity index is 1.38. The van der Waals surface area contributed by atoms with Crippen molar-refractivity contribution in [2.24, 2.45) is 5.92 Å². The minimum absolute atomic E-state index is 0.268. The summed E-state index contributed by atoms with van der Waals surface area (Å²) < 4.78 is 5.95. The van der Waals surface area contributed by atoms with E-state index < -0.39 is 5.60 Å². The van der Waals surface area contributed by atoms with Gasteiger partial charge < -0.3 is 19.6 Å². The van der Waals surface area contributed by atoms with Crippen molar-refractivity contribution < 1.29 is 9.84 Å². The van der Waals surface area contributed by atoms with Crippen LogP contribution < -0.4 is 4.74 Å². The number of likely N-dealkylation sites (tertiary alicyclic amines) is 1. The molecule has 1 aliphatic carbocycles. The standard InChI is InChI=1S/C28H39ClN2O2/c1-30(2)25-14-18-31(19-15-25)17-13-23-10-6-7-16-28(23,32)24-11-12-27(26(29)20-24)33-21-22-8-4-3-5-9-22/h3-5,8-9,11-12,20,23,25,32H,6-7,10,13-19,21H2,1-2H3. The number of hydrogen-bond acceptors (Lipinski definition) is 4. The van der Waals surface area contributed by atoms with Crippen LogP contribution in [0.5, 0.6) is 5.75 Å². The molecular formula is C28H39ClN2O2. The summed E-state index contributed by atoms with van der Waals surface area (Å²) in [6.45, 7) is 3.87. The molecule has 2 unspecified atom stereocenters. The third kappa shape index (κ3) is 6.10. The van der Waals surface area contributed by atoms with Crippen LogP contribution in [0.3, 0.4) is 0 Å². The van der Waals surface area contributed by atoms with E-state index in [0.717, 1.165) is 56.4 Å². The molecule has 0 radical (unpaired) electrons. The van der Waals surface area contributed by atoms with Crippen LogP contribution in [0.15, 0.2) is 48.5 Å². The molecule has 1 aliphatic heterocycles. The first-order valence-corrected chi connectivity index (χ1v) is 12.9. The van der Waals surface area contributed by atoms with Gasteiger partial charge in [0.05, 0.1) is 10.6 Å². The van der Waals surface area contributed by atoms with Gasteiger partial charge in [0, 0.05) is 6.04 Å². The minimum Gasteiger partial charge on any atom is -0.487 e. The van der Waals surface area contributed by atoms with E-state index in [-0.39, 0.29) is 5.92 Å². The van der Waals surface area contributed by atoms with Gasteiger partial charge in [0.15, 0.2) is 0 Å². The van der Waals surface area contributed by atoms with Gasteiger partial charge in [-0.05, 0) is 95.0 Å². The number of hydrogen-bond donors (Lipinski definition) is 1. The van der Waals surface area contributed by atoms with Crippen LogP contribution in [0.25, 0.3) is 0 Å². The molecule has 2 atom stereocenters. The molecule has 5 heteroatoms. The number of benzene rings is 2. The fourth-order valence-corrected chi connectivity index (χ4v) is 5.85. The quantitative estimate of drug-likeness (QED) is 0.535. The van der Waals surface area contributed by atoms with Crippen molar-refractivity contribution in [2.75, 3.05) is 33.7 Å². The molecule has 33 heavy (non-hydrogen) atoms. The van der Waals surface area contributed by atoms with E-state index in [0.29, 0.717) is 23.4 Å². The van der Waals surface area contributed by atoms with Crippen LogP contribution in [0.2, 0.25) is 5.02 Å². The molecule has 1 saturated carbocycles. The smallest absolute Gasteiger partial charge is 0.138 e. The average Bonchev–Trinajstić information content (AvgIpc) is 2.83. The van der Waals surface area contributed by atoms with Gasteiger partial charge in [0.1, 0.15) is 12.4 Å². The van der Waals surface area contributed by atoms with Crippen molar-refractivity contribution in [1.82, 2.24) is 9.80 Å². The number of halogens is 1. The van der Waals surface area contributed by atoms with Crippen LogP contribution >= 0.6 is 11.6 Å². The maximum absolute atomic E-state index is 11.8. The third-order valence-electron chi connectivity index (χ3n) is 7.79. The highest BCUT2D eigenvalue weighted by atomic mass is 35.5. The van der Waals surface area contributed by atoms with Crippen LogP contribution in [0.1, 0.15) is 56.1 Å². The molecule has 1 saturated heterocycles. The van der Waals surface area contributed by atoms with Crippen molar-refractivity contribution in [1.29, 1.82) is 0 Å². The Morgan fingerprint density at radius 1 is 1.06 bits per heavy atom. The SMILES string of the molecule is CN(C)C1CCN(CCC2CCCCC2(O)c2ccc(OCc3ccccc3)c(Cl)c2)CC1. The average molecular weight is 471 g/mol. The molecule has 1 heterocycles. The topological polar surface area (TPSA) is 35.9 Å².